The summed E-state index contributed by atoms with van der Waals surface area (Å²) in [4.78, 5) is 11.6. The van der Waals surface area contributed by atoms with Crippen LogP contribution in [0.2, 0.25) is 5.02 Å². The van der Waals surface area contributed by atoms with E-state index in [0.717, 1.165) is 0 Å². The average molecular weight is 895 g/mol. The van der Waals surface area contributed by atoms with Crippen LogP contribution in [0.4, 0.5) is 87.8 Å². The molecule has 24 heteroatoms. The molecule has 0 fully saturated rings. The first-order chi connectivity index (χ1) is 26.8. The first-order valence-corrected chi connectivity index (χ1v) is 17.5. The zero-order valence-electron chi connectivity index (χ0n) is 27.8. The number of hydrogen-bond acceptors (Lipinski definition) is 1. The Kier molecular flexibility index (Phi) is 13.2. The average Bonchev–Trinajstić information content (AvgIpc) is 3.17. The van der Waals surface area contributed by atoms with Gasteiger partial charge in [0.25, 0.3) is 0 Å². The predicted octanol–water partition coefficient (Wildman–Crippen LogP) is 8.25. The van der Waals surface area contributed by atoms with E-state index in [1.165, 1.54) is 0 Å². The highest BCUT2D eigenvalue weighted by Gasteiger charge is 2.52. The summed E-state index contributed by atoms with van der Waals surface area (Å²) >= 11 is 5.88. The second-order valence-corrected chi connectivity index (χ2v) is 14.5. The van der Waals surface area contributed by atoms with E-state index in [4.69, 9.17) is 11.6 Å². The van der Waals surface area contributed by atoms with Crippen LogP contribution in [0.3, 0.4) is 0 Å². The molecule has 0 spiro atoms. The maximum Gasteiger partial charge on any atom is 0.213 e. The minimum absolute atomic E-state index is 0.137. The van der Waals surface area contributed by atoms with Crippen LogP contribution in [0.25, 0.3) is 0 Å². The van der Waals surface area contributed by atoms with Crippen LogP contribution in [0.1, 0.15) is 10.4 Å². The number of ketones is 1. The van der Waals surface area contributed by atoms with Crippen molar-refractivity contribution in [2.75, 3.05) is 18.3 Å². The molecule has 1 nitrogen and oxygen atoms in total. The second kappa shape index (κ2) is 16.7. The predicted molar refractivity (Wildman–Crippen MR) is 169 cm³/mol. The summed E-state index contributed by atoms with van der Waals surface area (Å²) in [6.07, 6.45) is -3.12. The zero-order chi connectivity index (χ0) is 44.2. The molecule has 5 aromatic carbocycles. The Balaban J connectivity index is 0.000000486. The molecule has 0 heterocycles. The van der Waals surface area contributed by atoms with Crippen LogP contribution in [0.5, 0.6) is 0 Å². The Morgan fingerprint density at radius 3 is 0.828 bits per heavy atom. The third-order valence-electron chi connectivity index (χ3n) is 8.30. The van der Waals surface area contributed by atoms with E-state index in [1.807, 2.05) is 12.1 Å². The van der Waals surface area contributed by atoms with Crippen LogP contribution in [-0.4, -0.2) is 30.2 Å². The van der Waals surface area contributed by atoms with Gasteiger partial charge in [-0.15, -0.1) is 21.9 Å². The van der Waals surface area contributed by atoms with Gasteiger partial charge < -0.3 is 0 Å². The minimum atomic E-state index is -7.22. The summed E-state index contributed by atoms with van der Waals surface area (Å²) in [5.41, 5.74) is -13.7. The Bertz CT molecular complexity index is 2130. The lowest BCUT2D eigenvalue weighted by Gasteiger charge is -2.44. The van der Waals surface area contributed by atoms with Crippen molar-refractivity contribution >= 4 is 56.3 Å². The largest absolute Gasteiger partial charge is 0.289 e. The number of carbonyl (C=O) groups excluding carboxylic acids is 1. The van der Waals surface area contributed by atoms with Gasteiger partial charge in [-0.1, -0.05) is 23.7 Å². The molecular formula is C34H12BClF20OS. The highest BCUT2D eigenvalue weighted by atomic mass is 35.5. The summed E-state index contributed by atoms with van der Waals surface area (Å²) in [6.45, 7) is 0. The summed E-state index contributed by atoms with van der Waals surface area (Å²) in [7, 11) is 0.137. The molecular weight excluding hydrogens is 883 g/mol. The molecule has 0 amide bonds. The molecule has 0 atom stereocenters. The van der Waals surface area contributed by atoms with Gasteiger partial charge in [-0.3, -0.25) is 4.79 Å². The maximum absolute atomic E-state index is 15.4. The monoisotopic (exact) mass is 894 g/mol. The topological polar surface area (TPSA) is 17.1 Å². The van der Waals surface area contributed by atoms with Gasteiger partial charge in [0.1, 0.15) is 52.7 Å². The lowest BCUT2D eigenvalue weighted by atomic mass is 9.12. The van der Waals surface area contributed by atoms with Crippen LogP contribution >= 0.6 is 11.6 Å². The van der Waals surface area contributed by atoms with Crippen molar-refractivity contribution in [2.24, 2.45) is 0 Å². The third-order valence-corrected chi connectivity index (χ3v) is 9.47. The van der Waals surface area contributed by atoms with Gasteiger partial charge in [0.15, 0.2) is 75.6 Å². The van der Waals surface area contributed by atoms with Crippen molar-refractivity contribution in [1.29, 1.82) is 0 Å². The van der Waals surface area contributed by atoms with Crippen LogP contribution in [0, 0.1) is 116 Å². The highest BCUT2D eigenvalue weighted by Crippen LogP contribution is 2.30. The molecule has 0 saturated carbocycles. The SMILES string of the molecule is C[S+](C)CC(=O)c1ccccc1Cl.Fc1c(F)c(F)c([B-](c2c(F)c(F)c(F)c(F)c2F)(c2c(F)c(F)c(F)c(F)c2F)c2c(F)c(F)c(F)c(F)c2F)c(F)c1F. The third kappa shape index (κ3) is 7.12. The second-order valence-electron chi connectivity index (χ2n) is 11.8. The Morgan fingerprint density at radius 1 is 0.414 bits per heavy atom. The van der Waals surface area contributed by atoms with E-state index < -0.39 is 144 Å². The lowest BCUT2D eigenvalue weighted by Crippen LogP contribution is -2.81. The summed E-state index contributed by atoms with van der Waals surface area (Å²) in [5, 5.41) is 0.554. The van der Waals surface area contributed by atoms with Gasteiger partial charge in [-0.05, 0) is 23.0 Å². The van der Waals surface area contributed by atoms with E-state index in [1.54, 1.807) is 12.1 Å². The van der Waals surface area contributed by atoms with Gasteiger partial charge in [0, 0.05) is 5.56 Å². The molecule has 5 rings (SSSR count). The van der Waals surface area contributed by atoms with Crippen molar-refractivity contribution in [1.82, 2.24) is 0 Å². The fourth-order valence-electron chi connectivity index (χ4n) is 5.90. The molecule has 0 unspecified atom stereocenters. The zero-order valence-corrected chi connectivity index (χ0v) is 29.4. The number of Topliss-reactive ketones (excluding diaryl/α,β-unsaturated/α-hetero) is 1. The van der Waals surface area contributed by atoms with Crippen molar-refractivity contribution < 1.29 is 92.6 Å². The summed E-state index contributed by atoms with van der Waals surface area (Å²) in [5.74, 6) is -70.7. The van der Waals surface area contributed by atoms with E-state index in [9.17, 15) is 57.5 Å². The molecule has 5 aromatic rings. The van der Waals surface area contributed by atoms with Crippen LogP contribution < -0.4 is 21.9 Å². The molecule has 0 saturated heterocycles. The summed E-state index contributed by atoms with van der Waals surface area (Å²) < 4.78 is 294. The molecule has 0 aliphatic heterocycles. The van der Waals surface area contributed by atoms with Crippen molar-refractivity contribution in [2.45, 2.75) is 0 Å². The molecule has 0 radical (unpaired) electrons. The Morgan fingerprint density at radius 2 is 0.621 bits per heavy atom. The standard InChI is InChI=1S/C24BF20.C10H12ClOS/c26-5-1(6(27)14(35)21(42)13(5)34)25(2-7(28)15(36)22(43)16(37)8(2)29,3-9(30)17(38)23(44)18(39)10(3)31)4-11(32)19(40)24(45)20(41)12(4)33;1-13(2)7-10(12)8-5-3-4-6-9(8)11/h;3-6H,7H2,1-2H3/q-1;+1. The number of rotatable bonds is 7. The normalized spacial score (nSPS) is 11.7. The van der Waals surface area contributed by atoms with E-state index in [0.29, 0.717) is 16.3 Å². The molecule has 0 N–H and O–H groups in total. The van der Waals surface area contributed by atoms with E-state index in [2.05, 4.69) is 12.5 Å². The van der Waals surface area contributed by atoms with E-state index in [-0.39, 0.29) is 16.7 Å². The number of carbonyl (C=O) groups is 1. The van der Waals surface area contributed by atoms with E-state index >= 15 is 35.1 Å². The first kappa shape index (κ1) is 45.8. The lowest BCUT2D eigenvalue weighted by molar-refractivity contribution is 0.102. The molecule has 0 aliphatic carbocycles. The fraction of sp³-hybridized carbons (Fsp3) is 0.0882. The fourth-order valence-corrected chi connectivity index (χ4v) is 6.82. The summed E-state index contributed by atoms with van der Waals surface area (Å²) in [6, 6.07) is 7.19. The van der Waals surface area contributed by atoms with Crippen LogP contribution in [-0.2, 0) is 10.9 Å². The molecule has 0 bridgehead atoms. The Labute approximate surface area is 318 Å². The molecule has 0 aliphatic rings. The number of halogens is 21. The van der Waals surface area contributed by atoms with Gasteiger partial charge >= 0.3 is 0 Å². The Hall–Kier alpha value is -4.93. The minimum Gasteiger partial charge on any atom is -0.289 e. The molecule has 310 valence electrons. The van der Waals surface area contributed by atoms with Crippen molar-refractivity contribution in [3.8, 4) is 0 Å². The quantitative estimate of drug-likeness (QED) is 0.0402. The van der Waals surface area contributed by atoms with Gasteiger partial charge in [-0.2, -0.15) is 0 Å². The van der Waals surface area contributed by atoms with Crippen molar-refractivity contribution in [3.05, 3.63) is 151 Å². The first-order valence-electron chi connectivity index (χ1n) is 14.9. The number of benzene rings is 5. The van der Waals surface area contributed by atoms with Gasteiger partial charge in [0.2, 0.25) is 5.78 Å². The van der Waals surface area contributed by atoms with Gasteiger partial charge in [0.05, 0.1) is 17.5 Å². The smallest absolute Gasteiger partial charge is 0.213 e. The number of hydrogen-bond donors (Lipinski definition) is 0. The highest BCUT2D eigenvalue weighted by molar-refractivity contribution is 7.96. The molecule has 58 heavy (non-hydrogen) atoms. The van der Waals surface area contributed by atoms with Crippen molar-refractivity contribution in [3.63, 3.8) is 0 Å². The van der Waals surface area contributed by atoms with Gasteiger partial charge in [-0.25, -0.2) is 87.8 Å². The maximum atomic E-state index is 15.4. The molecule has 0 aromatic heterocycles. The van der Waals surface area contributed by atoms with Crippen LogP contribution in [0.15, 0.2) is 24.3 Å².